The van der Waals surface area contributed by atoms with Gasteiger partial charge in [-0.15, -0.1) is 0 Å². The normalized spacial score (nSPS) is 10.4. The first-order chi connectivity index (χ1) is 9.29. The van der Waals surface area contributed by atoms with Crippen LogP contribution in [0.4, 0.5) is 0 Å². The highest BCUT2D eigenvalue weighted by Crippen LogP contribution is 2.12. The minimum absolute atomic E-state index is 0.0657. The molecule has 2 aromatic rings. The summed E-state index contributed by atoms with van der Waals surface area (Å²) < 4.78 is 5.00. The fraction of sp³-hybridized carbons (Fsp3) is 0.308. The number of aromatic amines is 1. The summed E-state index contributed by atoms with van der Waals surface area (Å²) >= 11 is 0. The van der Waals surface area contributed by atoms with Crippen molar-refractivity contribution in [2.75, 3.05) is 13.2 Å². The summed E-state index contributed by atoms with van der Waals surface area (Å²) in [5, 5.41) is 9.61. The van der Waals surface area contributed by atoms with Gasteiger partial charge in [0.2, 0.25) is 5.91 Å². The van der Waals surface area contributed by atoms with Crippen LogP contribution in [0.25, 0.3) is 11.4 Å². The highest BCUT2D eigenvalue weighted by Gasteiger charge is 2.06. The molecule has 0 atom stereocenters. The predicted octanol–water partition coefficient (Wildman–Crippen LogP) is 1.12. The molecule has 0 spiro atoms. The Morgan fingerprint density at radius 1 is 1.37 bits per heavy atom. The summed E-state index contributed by atoms with van der Waals surface area (Å²) in [6.45, 7) is 2.74. The van der Waals surface area contributed by atoms with Crippen LogP contribution >= 0.6 is 0 Å². The maximum atomic E-state index is 11.4. The lowest BCUT2D eigenvalue weighted by Gasteiger charge is -2.02. The van der Waals surface area contributed by atoms with Crippen LogP contribution in [0.2, 0.25) is 0 Å². The van der Waals surface area contributed by atoms with Crippen LogP contribution in [0, 0.1) is 0 Å². The summed E-state index contributed by atoms with van der Waals surface area (Å²) in [5.41, 5.74) is 0.936. The minimum atomic E-state index is -0.167. The number of nitrogens with one attached hydrogen (secondary N) is 2. The summed E-state index contributed by atoms with van der Waals surface area (Å²) in [4.78, 5) is 15.7. The third-order valence-electron chi connectivity index (χ3n) is 2.45. The molecule has 2 N–H and O–H groups in total. The topological polar surface area (TPSA) is 79.9 Å². The number of carbonyl (C=O) groups excluding carboxylic acids is 1. The molecule has 6 nitrogen and oxygen atoms in total. The van der Waals surface area contributed by atoms with Crippen molar-refractivity contribution in [1.29, 1.82) is 0 Å². The van der Waals surface area contributed by atoms with Crippen LogP contribution in [0.5, 0.6) is 0 Å². The standard InChI is InChI=1S/C13H16N4O2/c1-2-19-9-12(18)14-8-11-15-13(17-16-11)10-6-4-3-5-7-10/h3-7H,2,8-9H2,1H3,(H,14,18)(H,15,16,17). The largest absolute Gasteiger partial charge is 0.372 e. The van der Waals surface area contributed by atoms with Crippen LogP contribution in [-0.4, -0.2) is 34.3 Å². The van der Waals surface area contributed by atoms with Gasteiger partial charge in [-0.3, -0.25) is 9.89 Å². The van der Waals surface area contributed by atoms with E-state index >= 15 is 0 Å². The van der Waals surface area contributed by atoms with E-state index in [4.69, 9.17) is 4.74 Å². The lowest BCUT2D eigenvalue weighted by atomic mass is 10.2. The van der Waals surface area contributed by atoms with E-state index in [1.54, 1.807) is 0 Å². The van der Waals surface area contributed by atoms with Crippen molar-refractivity contribution in [3.63, 3.8) is 0 Å². The first-order valence-corrected chi connectivity index (χ1v) is 6.10. The molecule has 0 aliphatic carbocycles. The maximum absolute atomic E-state index is 11.4. The fourth-order valence-electron chi connectivity index (χ4n) is 1.52. The molecular formula is C13H16N4O2. The molecule has 0 unspecified atom stereocenters. The van der Waals surface area contributed by atoms with E-state index in [2.05, 4.69) is 20.5 Å². The van der Waals surface area contributed by atoms with Gasteiger partial charge in [0.25, 0.3) is 0 Å². The molecule has 100 valence electrons. The zero-order valence-corrected chi connectivity index (χ0v) is 10.7. The third-order valence-corrected chi connectivity index (χ3v) is 2.45. The Kier molecular flexibility index (Phi) is 4.63. The monoisotopic (exact) mass is 260 g/mol. The van der Waals surface area contributed by atoms with Gasteiger partial charge in [0.1, 0.15) is 12.4 Å². The van der Waals surface area contributed by atoms with Crippen molar-refractivity contribution < 1.29 is 9.53 Å². The number of nitrogens with zero attached hydrogens (tertiary/aromatic N) is 2. The Morgan fingerprint density at radius 2 is 2.16 bits per heavy atom. The van der Waals surface area contributed by atoms with E-state index in [0.29, 0.717) is 24.8 Å². The highest BCUT2D eigenvalue weighted by molar-refractivity contribution is 5.77. The average Bonchev–Trinajstić information content (AvgIpc) is 2.93. The van der Waals surface area contributed by atoms with Crippen molar-refractivity contribution in [1.82, 2.24) is 20.5 Å². The minimum Gasteiger partial charge on any atom is -0.372 e. The zero-order chi connectivity index (χ0) is 13.5. The molecule has 19 heavy (non-hydrogen) atoms. The van der Waals surface area contributed by atoms with Crippen LogP contribution in [-0.2, 0) is 16.1 Å². The lowest BCUT2D eigenvalue weighted by molar-refractivity contribution is -0.125. The predicted molar refractivity (Wildman–Crippen MR) is 70.2 cm³/mol. The van der Waals surface area contributed by atoms with Gasteiger partial charge >= 0.3 is 0 Å². The van der Waals surface area contributed by atoms with Gasteiger partial charge in [0.15, 0.2) is 5.82 Å². The molecule has 0 radical (unpaired) electrons. The van der Waals surface area contributed by atoms with Crippen LogP contribution < -0.4 is 5.32 Å². The van der Waals surface area contributed by atoms with Crippen molar-refractivity contribution in [3.8, 4) is 11.4 Å². The molecular weight excluding hydrogens is 244 g/mol. The van der Waals surface area contributed by atoms with E-state index in [1.165, 1.54) is 0 Å². The fourth-order valence-corrected chi connectivity index (χ4v) is 1.52. The maximum Gasteiger partial charge on any atom is 0.246 e. The summed E-state index contributed by atoms with van der Waals surface area (Å²) in [6.07, 6.45) is 0. The number of amides is 1. The Balaban J connectivity index is 1.90. The van der Waals surface area contributed by atoms with Crippen LogP contribution in [0.1, 0.15) is 12.7 Å². The van der Waals surface area contributed by atoms with Crippen LogP contribution in [0.15, 0.2) is 30.3 Å². The molecule has 0 fully saturated rings. The van der Waals surface area contributed by atoms with E-state index < -0.39 is 0 Å². The van der Waals surface area contributed by atoms with Gasteiger partial charge in [0.05, 0.1) is 6.54 Å². The highest BCUT2D eigenvalue weighted by atomic mass is 16.5. The molecule has 0 bridgehead atoms. The van der Waals surface area contributed by atoms with Crippen molar-refractivity contribution >= 4 is 5.91 Å². The van der Waals surface area contributed by atoms with Gasteiger partial charge in [-0.1, -0.05) is 30.3 Å². The molecule has 2 rings (SSSR count). The van der Waals surface area contributed by atoms with Gasteiger partial charge in [0, 0.05) is 12.2 Å². The Bertz CT molecular complexity index is 524. The second-order valence-electron chi connectivity index (χ2n) is 3.89. The quantitative estimate of drug-likeness (QED) is 0.815. The molecule has 0 saturated carbocycles. The molecule has 1 amide bonds. The Morgan fingerprint density at radius 3 is 2.89 bits per heavy atom. The van der Waals surface area contributed by atoms with Crippen molar-refractivity contribution in [2.24, 2.45) is 0 Å². The summed E-state index contributed by atoms with van der Waals surface area (Å²) in [5.74, 6) is 1.07. The molecule has 1 aromatic heterocycles. The third kappa shape index (κ3) is 3.89. The van der Waals surface area contributed by atoms with Gasteiger partial charge in [-0.25, -0.2) is 4.98 Å². The molecule has 0 aliphatic heterocycles. The van der Waals surface area contributed by atoms with Gasteiger partial charge in [-0.05, 0) is 6.92 Å². The number of H-pyrrole nitrogens is 1. The van der Waals surface area contributed by atoms with Gasteiger partial charge in [-0.2, -0.15) is 5.10 Å². The number of hydrogen-bond donors (Lipinski definition) is 2. The summed E-state index contributed by atoms with van der Waals surface area (Å²) in [7, 11) is 0. The smallest absolute Gasteiger partial charge is 0.246 e. The van der Waals surface area contributed by atoms with E-state index in [-0.39, 0.29) is 12.5 Å². The molecule has 1 aromatic carbocycles. The number of rotatable bonds is 6. The van der Waals surface area contributed by atoms with Crippen LogP contribution in [0.3, 0.4) is 0 Å². The second-order valence-corrected chi connectivity index (χ2v) is 3.89. The van der Waals surface area contributed by atoms with Gasteiger partial charge < -0.3 is 10.1 Å². The second kappa shape index (κ2) is 6.65. The number of carbonyl (C=O) groups is 1. The first kappa shape index (κ1) is 13.2. The number of hydrogen-bond acceptors (Lipinski definition) is 4. The van der Waals surface area contributed by atoms with E-state index in [1.807, 2.05) is 37.3 Å². The number of aromatic nitrogens is 3. The first-order valence-electron chi connectivity index (χ1n) is 6.10. The Labute approximate surface area is 111 Å². The van der Waals surface area contributed by atoms with Crippen molar-refractivity contribution in [2.45, 2.75) is 13.5 Å². The SMILES string of the molecule is CCOCC(=O)NCc1nc(-c2ccccc2)n[nH]1. The summed E-state index contributed by atoms with van der Waals surface area (Å²) in [6, 6.07) is 9.65. The number of ether oxygens (including phenoxy) is 1. The number of benzene rings is 1. The Hall–Kier alpha value is -2.21. The lowest BCUT2D eigenvalue weighted by Crippen LogP contribution is -2.27. The van der Waals surface area contributed by atoms with E-state index in [9.17, 15) is 4.79 Å². The molecule has 0 saturated heterocycles. The van der Waals surface area contributed by atoms with E-state index in [0.717, 1.165) is 5.56 Å². The molecule has 0 aliphatic rings. The average molecular weight is 260 g/mol. The molecule has 1 heterocycles. The molecule has 6 heteroatoms. The zero-order valence-electron chi connectivity index (χ0n) is 10.7. The van der Waals surface area contributed by atoms with Crippen molar-refractivity contribution in [3.05, 3.63) is 36.2 Å².